The third-order valence-electron chi connectivity index (χ3n) is 1.40. The molecule has 0 bridgehead atoms. The van der Waals surface area contributed by atoms with E-state index in [4.69, 9.17) is 15.8 Å². The maximum Gasteiger partial charge on any atom is 0.335 e. The predicted octanol–water partition coefficient (Wildman–Crippen LogP) is 1.92. The summed E-state index contributed by atoms with van der Waals surface area (Å²) in [7, 11) is 1.21. The van der Waals surface area contributed by atoms with E-state index >= 15 is 0 Å². The van der Waals surface area contributed by atoms with Crippen LogP contribution in [0.15, 0.2) is 23.1 Å². The Morgan fingerprint density at radius 3 is 2.36 bits per heavy atom. The van der Waals surface area contributed by atoms with E-state index in [1.807, 2.05) is 22.6 Å². The van der Waals surface area contributed by atoms with Crippen molar-refractivity contribution in [1.29, 1.82) is 0 Å². The monoisotopic (exact) mass is 346 g/mol. The zero-order valence-electron chi connectivity index (χ0n) is 6.57. The molecule has 0 radical (unpaired) electrons. The van der Waals surface area contributed by atoms with E-state index in [2.05, 4.69) is 0 Å². The molecular weight excluding hydrogens is 342 g/mol. The molecule has 0 saturated heterocycles. The van der Waals surface area contributed by atoms with Crippen molar-refractivity contribution in [2.45, 2.75) is 4.90 Å². The smallest absolute Gasteiger partial charge is 0.335 e. The number of halogens is 2. The summed E-state index contributed by atoms with van der Waals surface area (Å²) in [6.45, 7) is 0. The Morgan fingerprint density at radius 1 is 1.36 bits per heavy atom. The van der Waals surface area contributed by atoms with Gasteiger partial charge in [-0.3, -0.25) is 0 Å². The number of carboxylic acids is 1. The molecule has 0 unspecified atom stereocenters. The molecule has 14 heavy (non-hydrogen) atoms. The fourth-order valence-electron chi connectivity index (χ4n) is 0.827. The molecule has 0 aliphatic heterocycles. The molecule has 0 aliphatic carbocycles. The van der Waals surface area contributed by atoms with E-state index in [1.54, 1.807) is 0 Å². The van der Waals surface area contributed by atoms with Crippen LogP contribution in [0.3, 0.4) is 0 Å². The van der Waals surface area contributed by atoms with Crippen LogP contribution in [0.25, 0.3) is 0 Å². The summed E-state index contributed by atoms with van der Waals surface area (Å²) in [5.74, 6) is -1.19. The Morgan fingerprint density at radius 2 is 1.93 bits per heavy atom. The van der Waals surface area contributed by atoms with Gasteiger partial charge < -0.3 is 5.11 Å². The van der Waals surface area contributed by atoms with Gasteiger partial charge in [0.2, 0.25) is 0 Å². The standard InChI is InChI=1S/C7H4ClIO4S/c8-14(12,13)6-2-4(7(10)11)1-5(9)3-6/h1-3H,(H,10,11). The topological polar surface area (TPSA) is 71.4 Å². The summed E-state index contributed by atoms with van der Waals surface area (Å²) >= 11 is 1.82. The minimum atomic E-state index is -3.88. The van der Waals surface area contributed by atoms with Crippen molar-refractivity contribution in [3.8, 4) is 0 Å². The van der Waals surface area contributed by atoms with Gasteiger partial charge >= 0.3 is 5.97 Å². The number of hydrogen-bond acceptors (Lipinski definition) is 3. The summed E-state index contributed by atoms with van der Waals surface area (Å²) in [5, 5.41) is 8.66. The lowest BCUT2D eigenvalue weighted by Gasteiger charge is -2.00. The van der Waals surface area contributed by atoms with Gasteiger partial charge in [-0.1, -0.05) is 0 Å². The molecule has 0 amide bonds. The first-order chi connectivity index (χ1) is 6.30. The zero-order valence-corrected chi connectivity index (χ0v) is 10.3. The van der Waals surface area contributed by atoms with Crippen molar-refractivity contribution in [3.05, 3.63) is 27.3 Å². The molecule has 1 aromatic carbocycles. The lowest BCUT2D eigenvalue weighted by molar-refractivity contribution is 0.0696. The van der Waals surface area contributed by atoms with E-state index in [1.165, 1.54) is 12.1 Å². The van der Waals surface area contributed by atoms with Crippen LogP contribution in [-0.2, 0) is 9.05 Å². The Labute approximate surface area is 98.4 Å². The molecule has 1 aromatic rings. The van der Waals surface area contributed by atoms with E-state index in [9.17, 15) is 13.2 Å². The molecule has 0 saturated carbocycles. The number of aromatic carboxylic acids is 1. The van der Waals surface area contributed by atoms with Crippen molar-refractivity contribution in [3.63, 3.8) is 0 Å². The second-order valence-corrected chi connectivity index (χ2v) is 6.23. The quantitative estimate of drug-likeness (QED) is 0.656. The van der Waals surface area contributed by atoms with Crippen molar-refractivity contribution in [2.75, 3.05) is 0 Å². The number of benzene rings is 1. The van der Waals surface area contributed by atoms with Crippen LogP contribution < -0.4 is 0 Å². The molecule has 0 aromatic heterocycles. The summed E-state index contributed by atoms with van der Waals surface area (Å²) in [6, 6.07) is 3.68. The van der Waals surface area contributed by atoms with Crippen LogP contribution in [0.4, 0.5) is 0 Å². The second kappa shape index (κ2) is 4.03. The summed E-state index contributed by atoms with van der Waals surface area (Å²) < 4.78 is 22.4. The Balaban J connectivity index is 3.43. The van der Waals surface area contributed by atoms with Crippen LogP contribution in [0, 0.1) is 3.57 Å². The highest BCUT2D eigenvalue weighted by atomic mass is 127. The summed E-state index contributed by atoms with van der Waals surface area (Å²) in [4.78, 5) is 10.4. The minimum Gasteiger partial charge on any atom is -0.478 e. The molecule has 1 rings (SSSR count). The van der Waals surface area contributed by atoms with Gasteiger partial charge in [-0.25, -0.2) is 13.2 Å². The predicted molar refractivity (Wildman–Crippen MR) is 59.2 cm³/mol. The molecule has 7 heteroatoms. The van der Waals surface area contributed by atoms with Crippen LogP contribution in [-0.4, -0.2) is 19.5 Å². The number of hydrogen-bond donors (Lipinski definition) is 1. The van der Waals surface area contributed by atoms with Crippen molar-refractivity contribution < 1.29 is 18.3 Å². The van der Waals surface area contributed by atoms with Gasteiger partial charge in [-0.2, -0.15) is 0 Å². The average molecular weight is 347 g/mol. The summed E-state index contributed by atoms with van der Waals surface area (Å²) in [6.07, 6.45) is 0. The molecule has 0 heterocycles. The SMILES string of the molecule is O=C(O)c1cc(I)cc(S(=O)(=O)Cl)c1. The van der Waals surface area contributed by atoms with Gasteiger partial charge in [0.05, 0.1) is 10.5 Å². The first-order valence-corrected chi connectivity index (χ1v) is 6.68. The molecular formula is C7H4ClIO4S. The van der Waals surface area contributed by atoms with Gasteiger partial charge in [0.15, 0.2) is 0 Å². The van der Waals surface area contributed by atoms with Crippen LogP contribution in [0.2, 0.25) is 0 Å². The lowest BCUT2D eigenvalue weighted by atomic mass is 10.2. The Kier molecular flexibility index (Phi) is 3.38. The van der Waals surface area contributed by atoms with Crippen molar-refractivity contribution in [2.24, 2.45) is 0 Å². The first kappa shape index (κ1) is 11.7. The van der Waals surface area contributed by atoms with Gasteiger partial charge in [0.1, 0.15) is 0 Å². The Hall–Kier alpha value is -0.340. The maximum absolute atomic E-state index is 10.9. The van der Waals surface area contributed by atoms with Crippen LogP contribution in [0.5, 0.6) is 0 Å². The highest BCUT2D eigenvalue weighted by Gasteiger charge is 2.14. The molecule has 0 spiro atoms. The van der Waals surface area contributed by atoms with Gasteiger partial charge in [0, 0.05) is 14.3 Å². The van der Waals surface area contributed by atoms with E-state index < -0.39 is 15.0 Å². The van der Waals surface area contributed by atoms with Crippen LogP contribution >= 0.6 is 33.3 Å². The maximum atomic E-state index is 10.9. The van der Waals surface area contributed by atoms with Crippen molar-refractivity contribution >= 4 is 48.3 Å². The lowest BCUT2D eigenvalue weighted by Crippen LogP contribution is -2.00. The van der Waals surface area contributed by atoms with Gasteiger partial charge in [-0.15, -0.1) is 0 Å². The van der Waals surface area contributed by atoms with E-state index in [0.717, 1.165) is 6.07 Å². The highest BCUT2D eigenvalue weighted by molar-refractivity contribution is 14.1. The number of carbonyl (C=O) groups is 1. The molecule has 4 nitrogen and oxygen atoms in total. The summed E-state index contributed by atoms with van der Waals surface area (Å²) in [5.41, 5.74) is -0.101. The number of carboxylic acid groups (broad SMARTS) is 1. The van der Waals surface area contributed by atoms with Gasteiger partial charge in [0.25, 0.3) is 9.05 Å². The number of rotatable bonds is 2. The minimum absolute atomic E-state index is 0.101. The average Bonchev–Trinajstić information content (AvgIpc) is 2.01. The zero-order chi connectivity index (χ0) is 10.9. The highest BCUT2D eigenvalue weighted by Crippen LogP contribution is 2.20. The van der Waals surface area contributed by atoms with E-state index in [-0.39, 0.29) is 10.5 Å². The normalized spacial score (nSPS) is 11.3. The fraction of sp³-hybridized carbons (Fsp3) is 0. The third kappa shape index (κ3) is 2.82. The molecule has 76 valence electrons. The Bertz CT molecular complexity index is 482. The van der Waals surface area contributed by atoms with Crippen molar-refractivity contribution in [1.82, 2.24) is 0 Å². The molecule has 1 N–H and O–H groups in total. The fourth-order valence-corrected chi connectivity index (χ4v) is 2.51. The van der Waals surface area contributed by atoms with Crippen LogP contribution in [0.1, 0.15) is 10.4 Å². The molecule has 0 atom stereocenters. The van der Waals surface area contributed by atoms with Gasteiger partial charge in [-0.05, 0) is 40.8 Å². The largest absolute Gasteiger partial charge is 0.478 e. The third-order valence-corrected chi connectivity index (χ3v) is 3.36. The molecule has 0 fully saturated rings. The molecule has 0 aliphatic rings. The first-order valence-electron chi connectivity index (χ1n) is 3.29. The second-order valence-electron chi connectivity index (χ2n) is 2.42. The van der Waals surface area contributed by atoms with E-state index in [0.29, 0.717) is 3.57 Å².